The zero-order valence-electron chi connectivity index (χ0n) is 11.2. The van der Waals surface area contributed by atoms with Gasteiger partial charge in [0.2, 0.25) is 0 Å². The summed E-state index contributed by atoms with van der Waals surface area (Å²) in [6.45, 7) is 7.90. The third kappa shape index (κ3) is 4.54. The Morgan fingerprint density at radius 3 is 2.72 bits per heavy atom. The first kappa shape index (κ1) is 15.4. The second kappa shape index (κ2) is 6.49. The molecule has 7 heteroatoms. The molecular weight excluding hydrogens is 316 g/mol. The number of halogens is 1. The fourth-order valence-corrected chi connectivity index (χ4v) is 2.53. The fourth-order valence-electron chi connectivity index (χ4n) is 1.30. The van der Waals surface area contributed by atoms with Crippen LogP contribution in [-0.2, 0) is 16.2 Å². The normalized spacial score (nSPS) is 11.6. The van der Waals surface area contributed by atoms with Crippen molar-refractivity contribution < 1.29 is 14.3 Å². The van der Waals surface area contributed by atoms with Crippen LogP contribution in [0, 0.1) is 0 Å². The summed E-state index contributed by atoms with van der Waals surface area (Å²) in [5.74, 6) is -0.423. The van der Waals surface area contributed by atoms with Gasteiger partial charge in [-0.25, -0.2) is 9.78 Å². The van der Waals surface area contributed by atoms with Gasteiger partial charge in [0, 0.05) is 14.7 Å². The van der Waals surface area contributed by atoms with Gasteiger partial charge in [0.1, 0.15) is 11.3 Å². The van der Waals surface area contributed by atoms with Crippen LogP contribution in [0.15, 0.2) is 10.9 Å². The maximum absolute atomic E-state index is 11.5. The summed E-state index contributed by atoms with van der Waals surface area (Å²) >= 11 is 3.22. The number of carbonyl (C=O) groups excluding carboxylic acids is 1. The highest BCUT2D eigenvalue weighted by Crippen LogP contribution is 2.16. The average Bonchev–Trinajstić information content (AvgIpc) is 2.64. The topological polar surface area (TPSA) is 53.3 Å². The predicted molar refractivity (Wildman–Crippen MR) is 75.4 cm³/mol. The Labute approximate surface area is 117 Å². The van der Waals surface area contributed by atoms with Crippen LogP contribution in [0.2, 0.25) is 25.7 Å². The van der Waals surface area contributed by atoms with Crippen molar-refractivity contribution >= 4 is 30.0 Å². The van der Waals surface area contributed by atoms with Gasteiger partial charge in [0.05, 0.1) is 13.4 Å². The summed E-state index contributed by atoms with van der Waals surface area (Å²) in [6.07, 6.45) is 1.56. The Kier molecular flexibility index (Phi) is 5.55. The Hall–Kier alpha value is -0.663. The lowest BCUT2D eigenvalue weighted by Gasteiger charge is -2.15. The number of imidazole rings is 1. The molecule has 0 saturated heterocycles. The first-order chi connectivity index (χ1) is 8.35. The second-order valence-corrected chi connectivity index (χ2v) is 11.6. The van der Waals surface area contributed by atoms with Crippen molar-refractivity contribution in [2.75, 3.05) is 13.7 Å². The van der Waals surface area contributed by atoms with Gasteiger partial charge >= 0.3 is 5.97 Å². The third-order valence-electron chi connectivity index (χ3n) is 2.40. The van der Waals surface area contributed by atoms with Crippen LogP contribution in [0.1, 0.15) is 10.5 Å². The van der Waals surface area contributed by atoms with E-state index in [4.69, 9.17) is 9.47 Å². The summed E-state index contributed by atoms with van der Waals surface area (Å²) in [5, 5.41) is 0. The van der Waals surface area contributed by atoms with E-state index in [1.807, 2.05) is 0 Å². The van der Waals surface area contributed by atoms with E-state index in [0.717, 1.165) is 6.04 Å². The standard InChI is InChI=1S/C11H19BrN2O3Si/c1-16-11(15)9-10(12)13-7-14(9)8-17-5-6-18(2,3)4/h7H,5-6,8H2,1-4H3. The largest absolute Gasteiger partial charge is 0.464 e. The maximum atomic E-state index is 11.5. The first-order valence-electron chi connectivity index (χ1n) is 5.72. The number of rotatable bonds is 6. The summed E-state index contributed by atoms with van der Waals surface area (Å²) in [5.41, 5.74) is 0.380. The average molecular weight is 335 g/mol. The van der Waals surface area contributed by atoms with E-state index in [2.05, 4.69) is 40.6 Å². The van der Waals surface area contributed by atoms with Gasteiger partial charge in [-0.15, -0.1) is 0 Å². The quantitative estimate of drug-likeness (QED) is 0.456. The van der Waals surface area contributed by atoms with Gasteiger partial charge in [-0.1, -0.05) is 19.6 Å². The molecule has 0 N–H and O–H groups in total. The molecular formula is C11H19BrN2O3Si. The van der Waals surface area contributed by atoms with Gasteiger partial charge in [0.25, 0.3) is 0 Å². The molecule has 0 bridgehead atoms. The van der Waals surface area contributed by atoms with Crippen LogP contribution in [-0.4, -0.2) is 37.3 Å². The Morgan fingerprint density at radius 2 is 2.17 bits per heavy atom. The molecule has 0 radical (unpaired) electrons. The van der Waals surface area contributed by atoms with Crippen molar-refractivity contribution in [3.05, 3.63) is 16.6 Å². The monoisotopic (exact) mass is 334 g/mol. The van der Waals surface area contributed by atoms with E-state index >= 15 is 0 Å². The van der Waals surface area contributed by atoms with E-state index in [0.29, 0.717) is 23.6 Å². The number of hydrogen-bond donors (Lipinski definition) is 0. The number of hydrogen-bond acceptors (Lipinski definition) is 4. The minimum Gasteiger partial charge on any atom is -0.464 e. The number of esters is 1. The van der Waals surface area contributed by atoms with Crippen LogP contribution in [0.3, 0.4) is 0 Å². The predicted octanol–water partition coefficient (Wildman–Crippen LogP) is 2.74. The van der Waals surface area contributed by atoms with Crippen molar-refractivity contribution in [1.82, 2.24) is 9.55 Å². The highest BCUT2D eigenvalue weighted by atomic mass is 79.9. The minimum absolute atomic E-state index is 0.313. The molecule has 1 aromatic rings. The molecule has 0 saturated carbocycles. The number of ether oxygens (including phenoxy) is 2. The summed E-state index contributed by atoms with van der Waals surface area (Å²) < 4.78 is 12.4. The van der Waals surface area contributed by atoms with Gasteiger partial charge < -0.3 is 9.47 Å². The van der Waals surface area contributed by atoms with E-state index in [1.54, 1.807) is 10.9 Å². The molecule has 0 amide bonds. The van der Waals surface area contributed by atoms with Crippen LogP contribution in [0.4, 0.5) is 0 Å². The fraction of sp³-hybridized carbons (Fsp3) is 0.636. The highest BCUT2D eigenvalue weighted by Gasteiger charge is 2.18. The van der Waals surface area contributed by atoms with Crippen LogP contribution >= 0.6 is 15.9 Å². The van der Waals surface area contributed by atoms with Crippen molar-refractivity contribution in [2.45, 2.75) is 32.4 Å². The lowest BCUT2D eigenvalue weighted by molar-refractivity contribution is 0.0539. The molecule has 0 aliphatic heterocycles. The Morgan fingerprint density at radius 1 is 1.50 bits per heavy atom. The van der Waals surface area contributed by atoms with Crippen LogP contribution in [0.25, 0.3) is 0 Å². The highest BCUT2D eigenvalue weighted by molar-refractivity contribution is 9.10. The summed E-state index contributed by atoms with van der Waals surface area (Å²) in [6, 6.07) is 1.09. The molecule has 1 aromatic heterocycles. The van der Waals surface area contributed by atoms with Crippen molar-refractivity contribution in [1.29, 1.82) is 0 Å². The molecule has 0 spiro atoms. The van der Waals surface area contributed by atoms with Crippen molar-refractivity contribution in [3.63, 3.8) is 0 Å². The molecule has 0 aliphatic carbocycles. The summed E-state index contributed by atoms with van der Waals surface area (Å²) in [7, 11) is 0.262. The zero-order valence-corrected chi connectivity index (χ0v) is 13.8. The summed E-state index contributed by atoms with van der Waals surface area (Å²) in [4.78, 5) is 15.6. The Bertz CT molecular complexity index is 415. The molecule has 1 heterocycles. The molecule has 0 atom stereocenters. The zero-order chi connectivity index (χ0) is 13.8. The van der Waals surface area contributed by atoms with E-state index in [1.165, 1.54) is 7.11 Å². The maximum Gasteiger partial charge on any atom is 0.357 e. The third-order valence-corrected chi connectivity index (χ3v) is 4.68. The van der Waals surface area contributed by atoms with Gasteiger partial charge in [-0.05, 0) is 22.0 Å². The molecule has 18 heavy (non-hydrogen) atoms. The Balaban J connectivity index is 2.55. The smallest absolute Gasteiger partial charge is 0.357 e. The number of nitrogens with zero attached hydrogens (tertiary/aromatic N) is 2. The van der Waals surface area contributed by atoms with Crippen LogP contribution < -0.4 is 0 Å². The minimum atomic E-state index is -1.08. The lowest BCUT2D eigenvalue weighted by atomic mass is 10.5. The van der Waals surface area contributed by atoms with Crippen molar-refractivity contribution in [2.24, 2.45) is 0 Å². The van der Waals surface area contributed by atoms with E-state index in [9.17, 15) is 4.79 Å². The van der Waals surface area contributed by atoms with E-state index in [-0.39, 0.29) is 0 Å². The molecule has 5 nitrogen and oxygen atoms in total. The molecule has 0 aliphatic rings. The van der Waals surface area contributed by atoms with E-state index < -0.39 is 14.0 Å². The number of carbonyl (C=O) groups is 1. The van der Waals surface area contributed by atoms with Gasteiger partial charge in [-0.3, -0.25) is 4.57 Å². The molecule has 0 aromatic carbocycles. The SMILES string of the molecule is COC(=O)c1c(Br)ncn1COCC[Si](C)(C)C. The lowest BCUT2D eigenvalue weighted by Crippen LogP contribution is -2.22. The number of aromatic nitrogens is 2. The van der Waals surface area contributed by atoms with Gasteiger partial charge in [0.15, 0.2) is 5.69 Å². The molecule has 0 fully saturated rings. The number of methoxy groups -OCH3 is 1. The molecule has 0 unspecified atom stereocenters. The van der Waals surface area contributed by atoms with Crippen molar-refractivity contribution in [3.8, 4) is 0 Å². The second-order valence-electron chi connectivity index (χ2n) is 5.19. The molecule has 102 valence electrons. The van der Waals surface area contributed by atoms with Gasteiger partial charge in [-0.2, -0.15) is 0 Å². The van der Waals surface area contributed by atoms with Crippen LogP contribution in [0.5, 0.6) is 0 Å². The molecule has 1 rings (SSSR count). The first-order valence-corrected chi connectivity index (χ1v) is 10.2.